The van der Waals surface area contributed by atoms with Crippen molar-refractivity contribution in [1.82, 2.24) is 5.32 Å². The molecule has 16 heavy (non-hydrogen) atoms. The predicted molar refractivity (Wildman–Crippen MR) is 64.3 cm³/mol. The molecular formula is C12H16ClNO2. The summed E-state index contributed by atoms with van der Waals surface area (Å²) in [5.74, 6) is 0.388. The monoisotopic (exact) mass is 241 g/mol. The molecule has 0 aliphatic heterocycles. The predicted octanol–water partition coefficient (Wildman–Crippen LogP) is 2.08. The van der Waals surface area contributed by atoms with Crippen LogP contribution in [0.15, 0.2) is 24.3 Å². The second-order valence-corrected chi connectivity index (χ2v) is 3.63. The highest BCUT2D eigenvalue weighted by atomic mass is 35.5. The molecule has 0 radical (unpaired) electrons. The van der Waals surface area contributed by atoms with E-state index in [0.29, 0.717) is 19.0 Å². The van der Waals surface area contributed by atoms with Crippen molar-refractivity contribution in [2.75, 3.05) is 13.2 Å². The van der Waals surface area contributed by atoms with Gasteiger partial charge in [-0.25, -0.2) is 0 Å². The van der Waals surface area contributed by atoms with Crippen molar-refractivity contribution >= 4 is 17.5 Å². The molecule has 0 saturated heterocycles. The van der Waals surface area contributed by atoms with Gasteiger partial charge in [-0.2, -0.15) is 0 Å². The molecule has 0 heterocycles. The molecule has 3 nitrogen and oxygen atoms in total. The maximum Gasteiger partial charge on any atom is 0.246 e. The van der Waals surface area contributed by atoms with Gasteiger partial charge in [0.05, 0.1) is 0 Å². The fraction of sp³-hybridized carbons (Fsp3) is 0.417. The van der Waals surface area contributed by atoms with Crippen LogP contribution in [-0.2, 0) is 22.0 Å². The molecule has 0 saturated carbocycles. The van der Waals surface area contributed by atoms with Gasteiger partial charge in [-0.1, -0.05) is 24.3 Å². The fourth-order valence-corrected chi connectivity index (χ4v) is 1.44. The second-order valence-electron chi connectivity index (χ2n) is 3.37. The summed E-state index contributed by atoms with van der Waals surface area (Å²) in [6.45, 7) is 3.04. The minimum Gasteiger partial charge on any atom is -0.372 e. The van der Waals surface area contributed by atoms with E-state index in [2.05, 4.69) is 5.32 Å². The summed E-state index contributed by atoms with van der Waals surface area (Å²) in [7, 11) is 0. The molecule has 1 aromatic carbocycles. The zero-order valence-electron chi connectivity index (χ0n) is 9.33. The number of benzene rings is 1. The van der Waals surface area contributed by atoms with Gasteiger partial charge >= 0.3 is 0 Å². The highest BCUT2D eigenvalue weighted by Gasteiger charge is 2.01. The Morgan fingerprint density at radius 2 is 2.19 bits per heavy atom. The standard InChI is InChI=1S/C12H16ClNO2/c1-2-16-9-12(15)14-8-11-5-3-4-10(6-11)7-13/h3-6H,2,7-9H2,1H3,(H,14,15). The Balaban J connectivity index is 2.38. The third-order valence-electron chi connectivity index (χ3n) is 2.07. The lowest BCUT2D eigenvalue weighted by molar-refractivity contribution is -0.125. The number of rotatable bonds is 6. The van der Waals surface area contributed by atoms with E-state index in [1.54, 1.807) is 0 Å². The Bertz CT molecular complexity index is 342. The van der Waals surface area contributed by atoms with Crippen LogP contribution in [0.5, 0.6) is 0 Å². The van der Waals surface area contributed by atoms with E-state index in [1.807, 2.05) is 31.2 Å². The molecule has 1 aromatic rings. The number of alkyl halides is 1. The average Bonchev–Trinajstić information content (AvgIpc) is 2.34. The van der Waals surface area contributed by atoms with Crippen LogP contribution in [0.1, 0.15) is 18.1 Å². The normalized spacial score (nSPS) is 10.1. The lowest BCUT2D eigenvalue weighted by Gasteiger charge is -2.06. The Labute approximate surface area is 101 Å². The van der Waals surface area contributed by atoms with Gasteiger partial charge in [-0.15, -0.1) is 11.6 Å². The van der Waals surface area contributed by atoms with Crippen LogP contribution in [0.3, 0.4) is 0 Å². The summed E-state index contributed by atoms with van der Waals surface area (Å²) >= 11 is 5.72. The molecule has 1 rings (SSSR count). The highest BCUT2D eigenvalue weighted by Crippen LogP contribution is 2.07. The number of nitrogens with one attached hydrogen (secondary N) is 1. The van der Waals surface area contributed by atoms with Crippen LogP contribution in [0.25, 0.3) is 0 Å². The summed E-state index contributed by atoms with van der Waals surface area (Å²) in [6, 6.07) is 7.82. The molecule has 0 bridgehead atoms. The molecular weight excluding hydrogens is 226 g/mol. The summed E-state index contributed by atoms with van der Waals surface area (Å²) in [5.41, 5.74) is 2.10. The molecule has 4 heteroatoms. The summed E-state index contributed by atoms with van der Waals surface area (Å²) in [5, 5.41) is 2.78. The van der Waals surface area contributed by atoms with Crippen molar-refractivity contribution < 1.29 is 9.53 Å². The Hall–Kier alpha value is -1.06. The first-order valence-corrected chi connectivity index (χ1v) is 5.78. The van der Waals surface area contributed by atoms with Crippen LogP contribution in [-0.4, -0.2) is 19.1 Å². The van der Waals surface area contributed by atoms with E-state index >= 15 is 0 Å². The molecule has 88 valence electrons. The zero-order valence-corrected chi connectivity index (χ0v) is 10.1. The molecule has 0 unspecified atom stereocenters. The van der Waals surface area contributed by atoms with Gasteiger partial charge in [0.2, 0.25) is 5.91 Å². The van der Waals surface area contributed by atoms with Crippen LogP contribution < -0.4 is 5.32 Å². The molecule has 1 N–H and O–H groups in total. The summed E-state index contributed by atoms with van der Waals surface area (Å²) in [4.78, 5) is 11.3. The summed E-state index contributed by atoms with van der Waals surface area (Å²) < 4.78 is 5.00. The highest BCUT2D eigenvalue weighted by molar-refractivity contribution is 6.17. The van der Waals surface area contributed by atoms with Crippen molar-refractivity contribution in [3.05, 3.63) is 35.4 Å². The largest absolute Gasteiger partial charge is 0.372 e. The maximum atomic E-state index is 11.3. The third kappa shape index (κ3) is 4.64. The van der Waals surface area contributed by atoms with E-state index < -0.39 is 0 Å². The minimum absolute atomic E-state index is 0.0990. The van der Waals surface area contributed by atoms with Gasteiger partial charge in [0.25, 0.3) is 0 Å². The van der Waals surface area contributed by atoms with Crippen molar-refractivity contribution in [1.29, 1.82) is 0 Å². The Morgan fingerprint density at radius 3 is 2.88 bits per heavy atom. The molecule has 0 fully saturated rings. The van der Waals surface area contributed by atoms with E-state index in [4.69, 9.17) is 16.3 Å². The Kier molecular flexibility index (Phi) is 5.90. The fourth-order valence-electron chi connectivity index (χ4n) is 1.27. The van der Waals surface area contributed by atoms with Crippen LogP contribution in [0, 0.1) is 0 Å². The third-order valence-corrected chi connectivity index (χ3v) is 2.38. The van der Waals surface area contributed by atoms with Gasteiger partial charge in [0, 0.05) is 19.0 Å². The van der Waals surface area contributed by atoms with E-state index in [0.717, 1.165) is 11.1 Å². The number of carbonyl (C=O) groups excluding carboxylic acids is 1. The van der Waals surface area contributed by atoms with Gasteiger partial charge in [-0.3, -0.25) is 4.79 Å². The minimum atomic E-state index is -0.0990. The van der Waals surface area contributed by atoms with E-state index in [1.165, 1.54) is 0 Å². The van der Waals surface area contributed by atoms with Crippen LogP contribution in [0.4, 0.5) is 0 Å². The van der Waals surface area contributed by atoms with Crippen molar-refractivity contribution in [3.8, 4) is 0 Å². The van der Waals surface area contributed by atoms with Gasteiger partial charge in [-0.05, 0) is 18.1 Å². The first-order valence-electron chi connectivity index (χ1n) is 5.24. The van der Waals surface area contributed by atoms with Crippen molar-refractivity contribution in [2.24, 2.45) is 0 Å². The lowest BCUT2D eigenvalue weighted by Crippen LogP contribution is -2.27. The number of ether oxygens (including phenoxy) is 1. The van der Waals surface area contributed by atoms with Crippen LogP contribution in [0.2, 0.25) is 0 Å². The quantitative estimate of drug-likeness (QED) is 0.775. The Morgan fingerprint density at radius 1 is 1.44 bits per heavy atom. The summed E-state index contributed by atoms with van der Waals surface area (Å²) in [6.07, 6.45) is 0. The van der Waals surface area contributed by atoms with Gasteiger partial charge in [0.15, 0.2) is 0 Å². The van der Waals surface area contributed by atoms with E-state index in [-0.39, 0.29) is 12.5 Å². The van der Waals surface area contributed by atoms with Crippen LogP contribution >= 0.6 is 11.6 Å². The van der Waals surface area contributed by atoms with Gasteiger partial charge in [0.1, 0.15) is 6.61 Å². The molecule has 0 atom stereocenters. The first-order chi connectivity index (χ1) is 7.76. The lowest BCUT2D eigenvalue weighted by atomic mass is 10.1. The number of hydrogen-bond acceptors (Lipinski definition) is 2. The SMILES string of the molecule is CCOCC(=O)NCc1cccc(CCl)c1. The molecule has 0 spiro atoms. The number of amides is 1. The number of hydrogen-bond donors (Lipinski definition) is 1. The zero-order chi connectivity index (χ0) is 11.8. The average molecular weight is 242 g/mol. The molecule has 0 aliphatic rings. The topological polar surface area (TPSA) is 38.3 Å². The second kappa shape index (κ2) is 7.25. The number of halogens is 1. The van der Waals surface area contributed by atoms with E-state index in [9.17, 15) is 4.79 Å². The van der Waals surface area contributed by atoms with Gasteiger partial charge < -0.3 is 10.1 Å². The smallest absolute Gasteiger partial charge is 0.246 e. The van der Waals surface area contributed by atoms with Crippen molar-refractivity contribution in [3.63, 3.8) is 0 Å². The molecule has 0 aliphatic carbocycles. The number of carbonyl (C=O) groups is 1. The first kappa shape index (κ1) is 13.0. The molecule has 0 aromatic heterocycles. The molecule has 1 amide bonds. The van der Waals surface area contributed by atoms with Crippen molar-refractivity contribution in [2.45, 2.75) is 19.3 Å². The maximum absolute atomic E-state index is 11.3.